The average Bonchev–Trinajstić information content (AvgIpc) is 2.57. The number of hydrogen-bond donors (Lipinski definition) is 1. The van der Waals surface area contributed by atoms with Crippen LogP contribution in [0.2, 0.25) is 0 Å². The van der Waals surface area contributed by atoms with Gasteiger partial charge in [-0.3, -0.25) is 9.59 Å². The van der Waals surface area contributed by atoms with E-state index in [0.29, 0.717) is 4.90 Å². The Balaban J connectivity index is 6.16. The molecule has 2 atom stereocenters. The Morgan fingerprint density at radius 1 is 0.848 bits per heavy atom. The molecule has 190 valence electrons. The molecule has 0 saturated carbocycles. The van der Waals surface area contributed by atoms with Gasteiger partial charge in [-0.05, 0) is 60.3 Å². The Morgan fingerprint density at radius 3 is 1.64 bits per heavy atom. The number of esters is 2. The van der Waals surface area contributed by atoms with Crippen LogP contribution in [-0.2, 0) is 33.3 Å². The Bertz CT molecular complexity index is 692. The molecule has 33 heavy (non-hydrogen) atoms. The van der Waals surface area contributed by atoms with Crippen molar-refractivity contribution in [1.82, 2.24) is 4.90 Å². The van der Waals surface area contributed by atoms with Crippen LogP contribution in [0.3, 0.4) is 0 Å². The molecule has 0 aromatic carbocycles. The van der Waals surface area contributed by atoms with Gasteiger partial charge in [0.25, 0.3) is 5.91 Å². The van der Waals surface area contributed by atoms with Gasteiger partial charge in [-0.15, -0.1) is 0 Å². The predicted octanol–water partition coefficient (Wildman–Crippen LogP) is 2.92. The van der Waals surface area contributed by atoms with E-state index < -0.39 is 53.4 Å². The average molecular weight is 475 g/mol. The van der Waals surface area contributed by atoms with Gasteiger partial charge >= 0.3 is 24.1 Å². The zero-order chi connectivity index (χ0) is 26.1. The number of hydrogen-bond acceptors (Lipinski definition) is 9. The maximum absolute atomic E-state index is 12.9. The van der Waals surface area contributed by atoms with E-state index in [1.165, 1.54) is 0 Å². The number of primary amides is 1. The summed E-state index contributed by atoms with van der Waals surface area (Å²) in [6.45, 7) is 14.3. The van der Waals surface area contributed by atoms with Crippen LogP contribution >= 0.6 is 0 Å². The zero-order valence-corrected chi connectivity index (χ0v) is 21.1. The van der Waals surface area contributed by atoms with E-state index in [9.17, 15) is 24.0 Å². The molecule has 11 nitrogen and oxygen atoms in total. The minimum Gasteiger partial charge on any atom is -0.464 e. The van der Waals surface area contributed by atoms with Gasteiger partial charge in [0, 0.05) is 6.92 Å². The molecule has 0 aliphatic heterocycles. The summed E-state index contributed by atoms with van der Waals surface area (Å²) in [6.07, 6.45) is -4.19. The first-order valence-corrected chi connectivity index (χ1v) is 10.7. The third-order valence-electron chi connectivity index (χ3n) is 3.65. The van der Waals surface area contributed by atoms with Gasteiger partial charge in [0.2, 0.25) is 0 Å². The van der Waals surface area contributed by atoms with Crippen LogP contribution in [0.1, 0.15) is 75.2 Å². The summed E-state index contributed by atoms with van der Waals surface area (Å²) in [5, 5.41) is 0. The Labute approximate surface area is 195 Å². The number of carbonyl (C=O) groups excluding carboxylic acids is 5. The quantitative estimate of drug-likeness (QED) is 0.393. The summed E-state index contributed by atoms with van der Waals surface area (Å²) in [5.41, 5.74) is 3.30. The molecule has 0 saturated heterocycles. The third kappa shape index (κ3) is 12.7. The molecule has 0 radical (unpaired) electrons. The normalized spacial score (nSPS) is 13.5. The smallest absolute Gasteiger partial charge is 0.420 e. The molecule has 0 aromatic rings. The number of rotatable bonds is 9. The van der Waals surface area contributed by atoms with Crippen LogP contribution in [0, 0.1) is 5.92 Å². The molecule has 0 aliphatic rings. The summed E-state index contributed by atoms with van der Waals surface area (Å²) < 4.78 is 20.8. The van der Waals surface area contributed by atoms with Crippen molar-refractivity contribution in [3.63, 3.8) is 0 Å². The molecule has 0 bridgehead atoms. The van der Waals surface area contributed by atoms with Gasteiger partial charge in [0.1, 0.15) is 17.2 Å². The van der Waals surface area contributed by atoms with E-state index >= 15 is 0 Å². The van der Waals surface area contributed by atoms with Gasteiger partial charge in [0.15, 0.2) is 6.10 Å². The molecule has 0 aromatic heterocycles. The molecule has 3 amide bonds. The highest BCUT2D eigenvalue weighted by atomic mass is 16.6. The first kappa shape index (κ1) is 30.1. The van der Waals surface area contributed by atoms with Crippen LogP contribution in [0.4, 0.5) is 9.59 Å². The summed E-state index contributed by atoms with van der Waals surface area (Å²) in [7, 11) is 0. The van der Waals surface area contributed by atoms with E-state index in [0.717, 1.165) is 6.92 Å². The van der Waals surface area contributed by atoms with Crippen molar-refractivity contribution in [3.8, 4) is 0 Å². The fourth-order valence-corrected chi connectivity index (χ4v) is 2.42. The molecule has 0 fully saturated rings. The van der Waals surface area contributed by atoms with E-state index in [4.69, 9.17) is 24.7 Å². The molecule has 11 heteroatoms. The van der Waals surface area contributed by atoms with Crippen molar-refractivity contribution < 1.29 is 42.9 Å². The molecule has 0 heterocycles. The van der Waals surface area contributed by atoms with E-state index in [-0.39, 0.29) is 25.4 Å². The fraction of sp³-hybridized carbons (Fsp3) is 0.773. The molecule has 1 unspecified atom stereocenters. The maximum atomic E-state index is 12.9. The number of carbonyl (C=O) groups is 5. The van der Waals surface area contributed by atoms with Crippen LogP contribution in [0.5, 0.6) is 0 Å². The largest absolute Gasteiger partial charge is 0.464 e. The van der Waals surface area contributed by atoms with Gasteiger partial charge in [-0.1, -0.05) is 13.8 Å². The lowest BCUT2D eigenvalue weighted by Gasteiger charge is -2.32. The minimum absolute atomic E-state index is 0.0227. The van der Waals surface area contributed by atoms with Crippen LogP contribution in [-0.4, -0.2) is 64.9 Å². The maximum Gasteiger partial charge on any atom is 0.420 e. The fourth-order valence-electron chi connectivity index (χ4n) is 2.42. The lowest BCUT2D eigenvalue weighted by molar-refractivity contribution is -0.155. The molecule has 2 N–H and O–H groups in total. The van der Waals surface area contributed by atoms with Crippen molar-refractivity contribution in [2.45, 2.75) is 98.5 Å². The Morgan fingerprint density at radius 2 is 1.30 bits per heavy atom. The topological polar surface area (TPSA) is 152 Å². The van der Waals surface area contributed by atoms with E-state index in [1.54, 1.807) is 41.5 Å². The molecular weight excluding hydrogens is 436 g/mol. The van der Waals surface area contributed by atoms with Crippen molar-refractivity contribution >= 4 is 30.0 Å². The minimum atomic E-state index is -1.52. The molecule has 0 rings (SSSR count). The number of ether oxygens (including phenoxy) is 4. The first-order chi connectivity index (χ1) is 14.8. The highest BCUT2D eigenvalue weighted by Crippen LogP contribution is 2.21. The van der Waals surface area contributed by atoms with Crippen molar-refractivity contribution in [2.24, 2.45) is 11.7 Å². The number of nitrogens with zero attached hydrogens (tertiary/aromatic N) is 1. The molecule has 0 spiro atoms. The third-order valence-corrected chi connectivity index (χ3v) is 3.65. The van der Waals surface area contributed by atoms with Gasteiger partial charge in [0.05, 0.1) is 6.61 Å². The SMILES string of the molecule is CC(=O)OC(CC[C@@H](C(=O)OCC(C)C)N(C(=O)OC(C)(C)C)C(=O)OC(C)(C)C)C(N)=O. The van der Waals surface area contributed by atoms with E-state index in [1.807, 2.05) is 13.8 Å². The van der Waals surface area contributed by atoms with Crippen LogP contribution in [0.25, 0.3) is 0 Å². The first-order valence-electron chi connectivity index (χ1n) is 10.7. The summed E-state index contributed by atoms with van der Waals surface area (Å²) in [4.78, 5) is 62.3. The van der Waals surface area contributed by atoms with Crippen molar-refractivity contribution in [3.05, 3.63) is 0 Å². The lowest BCUT2D eigenvalue weighted by Crippen LogP contribution is -2.53. The summed E-state index contributed by atoms with van der Waals surface area (Å²) in [6, 6.07) is -1.52. The van der Waals surface area contributed by atoms with Crippen molar-refractivity contribution in [2.75, 3.05) is 6.61 Å². The summed E-state index contributed by atoms with van der Waals surface area (Å²) in [5.74, 6) is -2.63. The summed E-state index contributed by atoms with van der Waals surface area (Å²) >= 11 is 0. The molecule has 0 aliphatic carbocycles. The molecular formula is C22H38N2O9. The number of amides is 3. The number of nitrogens with two attached hydrogens (primary N) is 1. The highest BCUT2D eigenvalue weighted by Gasteiger charge is 2.41. The number of imide groups is 1. The standard InChI is InChI=1S/C22H38N2O9/c1-13(2)12-30-18(27)15(10-11-16(17(23)26)31-14(3)25)24(19(28)32-21(4,5)6)20(29)33-22(7,8)9/h13,15-16H,10-12H2,1-9H3,(H2,23,26)/t15-,16?/m0/s1. The van der Waals surface area contributed by atoms with Gasteiger partial charge in [-0.25, -0.2) is 14.4 Å². The van der Waals surface area contributed by atoms with Crippen LogP contribution < -0.4 is 5.73 Å². The van der Waals surface area contributed by atoms with Gasteiger partial charge < -0.3 is 24.7 Å². The second-order valence-electron chi connectivity index (χ2n) is 9.95. The zero-order valence-electron chi connectivity index (χ0n) is 21.1. The van der Waals surface area contributed by atoms with Crippen LogP contribution in [0.15, 0.2) is 0 Å². The lowest BCUT2D eigenvalue weighted by atomic mass is 10.1. The predicted molar refractivity (Wildman–Crippen MR) is 118 cm³/mol. The monoisotopic (exact) mass is 474 g/mol. The Hall–Kier alpha value is -2.85. The van der Waals surface area contributed by atoms with Crippen molar-refractivity contribution in [1.29, 1.82) is 0 Å². The van der Waals surface area contributed by atoms with Gasteiger partial charge in [-0.2, -0.15) is 4.90 Å². The Kier molecular flexibility index (Phi) is 11.3. The second kappa shape index (κ2) is 12.4. The van der Waals surface area contributed by atoms with E-state index in [2.05, 4.69) is 0 Å². The highest BCUT2D eigenvalue weighted by molar-refractivity contribution is 5.94. The second-order valence-corrected chi connectivity index (χ2v) is 9.95.